The zero-order valence-electron chi connectivity index (χ0n) is 12.2. The van der Waals surface area contributed by atoms with E-state index in [1.165, 1.54) is 5.56 Å². The van der Waals surface area contributed by atoms with Crippen molar-refractivity contribution in [2.45, 2.75) is 29.6 Å². The number of hydrogen-bond acceptors (Lipinski definition) is 5. The van der Waals surface area contributed by atoms with Gasteiger partial charge in [-0.2, -0.15) is 4.31 Å². The third kappa shape index (κ3) is 3.08. The van der Waals surface area contributed by atoms with Gasteiger partial charge in [0, 0.05) is 30.7 Å². The van der Waals surface area contributed by atoms with Crippen molar-refractivity contribution < 1.29 is 8.42 Å². The minimum Gasteiger partial charge on any atom is -0.326 e. The molecule has 2 N–H and O–H groups in total. The molecule has 3 rings (SSSR count). The van der Waals surface area contributed by atoms with Gasteiger partial charge in [-0.3, -0.25) is 0 Å². The maximum absolute atomic E-state index is 12.7. The van der Waals surface area contributed by atoms with Gasteiger partial charge in [-0.1, -0.05) is 30.3 Å². The summed E-state index contributed by atoms with van der Waals surface area (Å²) in [4.78, 5) is 4.83. The van der Waals surface area contributed by atoms with Crippen LogP contribution in [-0.4, -0.2) is 30.8 Å². The van der Waals surface area contributed by atoms with Gasteiger partial charge in [0.15, 0.2) is 0 Å². The van der Waals surface area contributed by atoms with Crippen molar-refractivity contribution in [1.29, 1.82) is 0 Å². The predicted octanol–water partition coefficient (Wildman–Crippen LogP) is 2.17. The standard InChI is InChI=1S/C15H19N3O2S2/c16-9-14-10-17-15(21-14)22(19,20)18-8-4-7-13(11-18)12-5-2-1-3-6-12/h1-3,5-6,10,13H,4,7-9,11,16H2. The van der Waals surface area contributed by atoms with Crippen LogP contribution in [0, 0.1) is 0 Å². The van der Waals surface area contributed by atoms with Crippen LogP contribution in [0.5, 0.6) is 0 Å². The zero-order chi connectivity index (χ0) is 15.6. The third-order valence-corrected chi connectivity index (χ3v) is 7.20. The highest BCUT2D eigenvalue weighted by Gasteiger charge is 2.32. The fourth-order valence-corrected chi connectivity index (χ4v) is 5.50. The molecule has 5 nitrogen and oxygen atoms in total. The molecule has 2 aromatic rings. The summed E-state index contributed by atoms with van der Waals surface area (Å²) in [7, 11) is -3.51. The average molecular weight is 337 g/mol. The molecule has 0 spiro atoms. The summed E-state index contributed by atoms with van der Waals surface area (Å²) in [5.41, 5.74) is 6.74. The van der Waals surface area contributed by atoms with E-state index in [0.29, 0.717) is 19.6 Å². The Bertz CT molecular complexity index is 728. The molecule has 0 bridgehead atoms. The maximum Gasteiger partial charge on any atom is 0.270 e. The van der Waals surface area contributed by atoms with E-state index in [4.69, 9.17) is 5.73 Å². The molecular weight excluding hydrogens is 318 g/mol. The van der Waals surface area contributed by atoms with Gasteiger partial charge in [0.05, 0.1) is 0 Å². The molecular formula is C15H19N3O2S2. The van der Waals surface area contributed by atoms with Crippen molar-refractivity contribution in [1.82, 2.24) is 9.29 Å². The number of sulfonamides is 1. The van der Waals surface area contributed by atoms with E-state index in [1.54, 1.807) is 10.5 Å². The van der Waals surface area contributed by atoms with Gasteiger partial charge < -0.3 is 5.73 Å². The molecule has 118 valence electrons. The Morgan fingerprint density at radius 2 is 2.09 bits per heavy atom. The molecule has 22 heavy (non-hydrogen) atoms. The van der Waals surface area contributed by atoms with Crippen molar-refractivity contribution >= 4 is 21.4 Å². The number of nitrogens with two attached hydrogens (primary N) is 1. The van der Waals surface area contributed by atoms with Crippen LogP contribution in [0.25, 0.3) is 0 Å². The Kier molecular flexibility index (Phi) is 4.58. The molecule has 2 heterocycles. The fourth-order valence-electron chi connectivity index (χ4n) is 2.77. The number of benzene rings is 1. The number of thiazole rings is 1. The first-order valence-corrected chi connectivity index (χ1v) is 9.57. The lowest BCUT2D eigenvalue weighted by Gasteiger charge is -2.31. The van der Waals surface area contributed by atoms with E-state index in [-0.39, 0.29) is 10.3 Å². The average Bonchev–Trinajstić information content (AvgIpc) is 3.06. The minimum atomic E-state index is -3.51. The number of hydrogen-bond donors (Lipinski definition) is 1. The summed E-state index contributed by atoms with van der Waals surface area (Å²) in [6.07, 6.45) is 3.44. The first-order chi connectivity index (χ1) is 10.6. The first kappa shape index (κ1) is 15.6. The highest BCUT2D eigenvalue weighted by atomic mass is 32.2. The van der Waals surface area contributed by atoms with E-state index in [0.717, 1.165) is 29.1 Å². The number of piperidine rings is 1. The molecule has 0 amide bonds. The van der Waals surface area contributed by atoms with Gasteiger partial charge in [0.25, 0.3) is 10.0 Å². The van der Waals surface area contributed by atoms with Gasteiger partial charge >= 0.3 is 0 Å². The summed E-state index contributed by atoms with van der Waals surface area (Å²) < 4.78 is 27.2. The van der Waals surface area contributed by atoms with Gasteiger partial charge in [-0.25, -0.2) is 13.4 Å². The van der Waals surface area contributed by atoms with Crippen molar-refractivity contribution in [3.8, 4) is 0 Å². The summed E-state index contributed by atoms with van der Waals surface area (Å²) in [5.74, 6) is 0.249. The molecule has 1 aliphatic heterocycles. The molecule has 0 aliphatic carbocycles. The normalized spacial score (nSPS) is 20.1. The molecule has 1 aromatic carbocycles. The summed E-state index contributed by atoms with van der Waals surface area (Å²) >= 11 is 1.16. The second kappa shape index (κ2) is 6.45. The molecule has 1 unspecified atom stereocenters. The fraction of sp³-hybridized carbons (Fsp3) is 0.400. The van der Waals surface area contributed by atoms with Crippen LogP contribution in [0.1, 0.15) is 29.2 Å². The van der Waals surface area contributed by atoms with E-state index >= 15 is 0 Å². The Hall–Kier alpha value is -1.28. The third-order valence-electron chi connectivity index (χ3n) is 3.95. The predicted molar refractivity (Wildman–Crippen MR) is 87.2 cm³/mol. The number of nitrogens with zero attached hydrogens (tertiary/aromatic N) is 2. The van der Waals surface area contributed by atoms with E-state index in [2.05, 4.69) is 17.1 Å². The molecule has 1 saturated heterocycles. The summed E-state index contributed by atoms with van der Waals surface area (Å²) in [6, 6.07) is 10.1. The first-order valence-electron chi connectivity index (χ1n) is 7.31. The maximum atomic E-state index is 12.7. The van der Waals surface area contributed by atoms with Crippen molar-refractivity contribution in [3.63, 3.8) is 0 Å². The minimum absolute atomic E-state index is 0.154. The highest BCUT2D eigenvalue weighted by molar-refractivity contribution is 7.91. The Labute approximate surface area is 134 Å². The van der Waals surface area contributed by atoms with Crippen LogP contribution in [0.2, 0.25) is 0 Å². The number of rotatable bonds is 4. The lowest BCUT2D eigenvalue weighted by Crippen LogP contribution is -2.39. The van der Waals surface area contributed by atoms with Crippen LogP contribution in [-0.2, 0) is 16.6 Å². The van der Waals surface area contributed by atoms with Gasteiger partial charge in [0.2, 0.25) is 4.34 Å². The molecule has 7 heteroatoms. The Morgan fingerprint density at radius 1 is 1.32 bits per heavy atom. The molecule has 0 radical (unpaired) electrons. The van der Waals surface area contributed by atoms with E-state index < -0.39 is 10.0 Å². The smallest absolute Gasteiger partial charge is 0.270 e. The van der Waals surface area contributed by atoms with Crippen molar-refractivity contribution in [2.75, 3.05) is 13.1 Å². The van der Waals surface area contributed by atoms with Crippen molar-refractivity contribution in [3.05, 3.63) is 47.0 Å². The van der Waals surface area contributed by atoms with Crippen molar-refractivity contribution in [2.24, 2.45) is 5.73 Å². The summed E-state index contributed by atoms with van der Waals surface area (Å²) in [5, 5.41) is 0. The van der Waals surface area contributed by atoms with E-state index in [1.807, 2.05) is 18.2 Å². The van der Waals surface area contributed by atoms with E-state index in [9.17, 15) is 8.42 Å². The lowest BCUT2D eigenvalue weighted by atomic mass is 9.92. The molecule has 1 atom stereocenters. The highest BCUT2D eigenvalue weighted by Crippen LogP contribution is 2.31. The van der Waals surface area contributed by atoms with Gasteiger partial charge in [-0.05, 0) is 24.3 Å². The zero-order valence-corrected chi connectivity index (χ0v) is 13.8. The van der Waals surface area contributed by atoms with Crippen LogP contribution < -0.4 is 5.73 Å². The second-order valence-electron chi connectivity index (χ2n) is 5.41. The monoisotopic (exact) mass is 337 g/mol. The van der Waals surface area contributed by atoms with Gasteiger partial charge in [0.1, 0.15) is 0 Å². The molecule has 0 saturated carbocycles. The van der Waals surface area contributed by atoms with Crippen LogP contribution in [0.3, 0.4) is 0 Å². The SMILES string of the molecule is NCc1cnc(S(=O)(=O)N2CCCC(c3ccccc3)C2)s1. The largest absolute Gasteiger partial charge is 0.326 e. The number of aromatic nitrogens is 1. The molecule has 1 aromatic heterocycles. The van der Waals surface area contributed by atoms with Crippen LogP contribution >= 0.6 is 11.3 Å². The lowest BCUT2D eigenvalue weighted by molar-refractivity contribution is 0.315. The molecule has 1 fully saturated rings. The quantitative estimate of drug-likeness (QED) is 0.927. The second-order valence-corrected chi connectivity index (χ2v) is 8.64. The topological polar surface area (TPSA) is 76.3 Å². The van der Waals surface area contributed by atoms with Crippen LogP contribution in [0.15, 0.2) is 40.9 Å². The Morgan fingerprint density at radius 3 is 2.77 bits per heavy atom. The molecule has 1 aliphatic rings. The van der Waals surface area contributed by atoms with Crippen LogP contribution in [0.4, 0.5) is 0 Å². The summed E-state index contributed by atoms with van der Waals surface area (Å²) in [6.45, 7) is 1.40. The Balaban J connectivity index is 1.82. The van der Waals surface area contributed by atoms with Gasteiger partial charge in [-0.15, -0.1) is 11.3 Å².